The van der Waals surface area contributed by atoms with Crippen LogP contribution in [-0.4, -0.2) is 24.1 Å². The Morgan fingerprint density at radius 3 is 0.833 bits per heavy atom. The van der Waals surface area contributed by atoms with E-state index in [-0.39, 0.29) is 0 Å². The predicted octanol–water partition coefficient (Wildman–Crippen LogP) is 20.4. The highest BCUT2D eigenvalue weighted by Crippen LogP contribution is 2.46. The first-order valence-electron chi connectivity index (χ1n) is 27.9. The molecule has 0 spiro atoms. The number of fused-ring (bicyclic) bond motifs is 6. The number of hydrogen-bond acceptors (Lipinski definition) is 3. The van der Waals surface area contributed by atoms with Crippen molar-refractivity contribution in [2.75, 3.05) is 0 Å². The molecule has 84 heavy (non-hydrogen) atoms. The molecule has 0 unspecified atom stereocenters. The molecule has 0 N–H and O–H groups in total. The first kappa shape index (κ1) is 50.0. The molecule has 0 saturated carbocycles. The van der Waals surface area contributed by atoms with Gasteiger partial charge >= 0.3 is 6.18 Å². The standard InChI is InChI=1S/C76H48F3N5/c77-76(78,79)60-36-38-62(72(48-60)84-69-41-34-57(51-23-11-3-12-24-51)45-65(69)66-46-58(35-42-70(66)84)52-25-13-4-14-26-52)61-37-31-59(75-81-73(53-27-15-5-16-28-53)80-74(82-75)54-29-17-6-18-30-54)47-71(61)83-67-39-32-55(49-19-7-1-8-20-49)43-63(67)64-44-56(33-40-68(64)83)50-21-9-2-10-22-50/h1-48H. The van der Waals surface area contributed by atoms with Crippen molar-refractivity contribution in [1.29, 1.82) is 0 Å². The van der Waals surface area contributed by atoms with E-state index in [1.165, 1.54) is 12.1 Å². The Morgan fingerprint density at radius 2 is 0.512 bits per heavy atom. The molecular weight excluding hydrogens is 1040 g/mol. The van der Waals surface area contributed by atoms with Crippen molar-refractivity contribution in [2.45, 2.75) is 6.18 Å². The fourth-order valence-electron chi connectivity index (χ4n) is 11.9. The molecule has 12 aromatic carbocycles. The van der Waals surface area contributed by atoms with E-state index in [0.717, 1.165) is 105 Å². The van der Waals surface area contributed by atoms with E-state index in [9.17, 15) is 0 Å². The van der Waals surface area contributed by atoms with Crippen molar-refractivity contribution in [3.8, 4) is 101 Å². The molecule has 0 bridgehead atoms. The van der Waals surface area contributed by atoms with Crippen LogP contribution < -0.4 is 0 Å². The van der Waals surface area contributed by atoms with E-state index in [0.29, 0.717) is 39.9 Å². The number of halogens is 3. The molecule has 15 aromatic rings. The largest absolute Gasteiger partial charge is 0.416 e. The molecule has 0 saturated heterocycles. The summed E-state index contributed by atoms with van der Waals surface area (Å²) in [7, 11) is 0. The van der Waals surface area contributed by atoms with Crippen LogP contribution in [0.2, 0.25) is 0 Å². The van der Waals surface area contributed by atoms with Crippen LogP contribution in [0.15, 0.2) is 291 Å². The van der Waals surface area contributed by atoms with Crippen molar-refractivity contribution in [3.05, 3.63) is 297 Å². The number of aromatic nitrogens is 5. The minimum absolute atomic E-state index is 0.370. The van der Waals surface area contributed by atoms with Crippen molar-refractivity contribution < 1.29 is 13.2 Å². The average Bonchev–Trinajstić information content (AvgIpc) is 2.79. The Labute approximate surface area is 482 Å². The molecule has 0 amide bonds. The van der Waals surface area contributed by atoms with Gasteiger partial charge in [0.25, 0.3) is 0 Å². The lowest BCUT2D eigenvalue weighted by Crippen LogP contribution is -2.08. The van der Waals surface area contributed by atoms with Gasteiger partial charge in [-0.15, -0.1) is 0 Å². The second kappa shape index (κ2) is 20.5. The SMILES string of the molecule is FC(F)(F)c1ccc(-c2ccc(-c3nc(-c4ccccc4)nc(-c4ccccc4)n3)cc2-n2c3ccc(-c4ccccc4)cc3c3cc(-c4ccccc4)ccc32)c(-n2c3ccc(-c4ccccc4)cc3c3cc(-c4ccccc4)ccc32)c1. The molecular formula is C76H48F3N5. The maximum atomic E-state index is 15.5. The van der Waals surface area contributed by atoms with Crippen molar-refractivity contribution >= 4 is 43.6 Å². The van der Waals surface area contributed by atoms with Gasteiger partial charge in [0.2, 0.25) is 0 Å². The van der Waals surface area contributed by atoms with Crippen LogP contribution in [0.25, 0.3) is 145 Å². The summed E-state index contributed by atoms with van der Waals surface area (Å²) in [4.78, 5) is 15.4. The Balaban J connectivity index is 1.04. The third-order valence-corrected chi connectivity index (χ3v) is 16.0. The average molecular weight is 1090 g/mol. The number of rotatable bonds is 10. The van der Waals surface area contributed by atoms with E-state index < -0.39 is 11.7 Å². The summed E-state index contributed by atoms with van der Waals surface area (Å²) in [6.07, 6.45) is -4.66. The monoisotopic (exact) mass is 1090 g/mol. The van der Waals surface area contributed by atoms with Crippen LogP contribution in [0, 0.1) is 0 Å². The fraction of sp³-hybridized carbons (Fsp3) is 0.0132. The molecule has 5 nitrogen and oxygen atoms in total. The molecule has 0 aliphatic carbocycles. The van der Waals surface area contributed by atoms with Gasteiger partial charge in [0.1, 0.15) is 0 Å². The molecule has 8 heteroatoms. The summed E-state index contributed by atoms with van der Waals surface area (Å²) in [5.41, 5.74) is 15.6. The lowest BCUT2D eigenvalue weighted by Gasteiger charge is -2.21. The highest BCUT2D eigenvalue weighted by Gasteiger charge is 2.33. The highest BCUT2D eigenvalue weighted by atomic mass is 19.4. The maximum absolute atomic E-state index is 15.5. The lowest BCUT2D eigenvalue weighted by atomic mass is 9.96. The molecule has 0 atom stereocenters. The molecule has 3 heterocycles. The zero-order chi connectivity index (χ0) is 56.3. The summed E-state index contributed by atoms with van der Waals surface area (Å²) in [6.45, 7) is 0. The topological polar surface area (TPSA) is 48.5 Å². The molecule has 398 valence electrons. The number of nitrogens with zero attached hydrogens (tertiary/aromatic N) is 5. The van der Waals surface area contributed by atoms with Gasteiger partial charge in [-0.3, -0.25) is 0 Å². The third kappa shape index (κ3) is 8.98. The summed E-state index contributed by atoms with van der Waals surface area (Å²) in [5.74, 6) is 1.45. The van der Waals surface area contributed by atoms with Gasteiger partial charge < -0.3 is 9.13 Å². The lowest BCUT2D eigenvalue weighted by molar-refractivity contribution is -0.137. The summed E-state index contributed by atoms with van der Waals surface area (Å²) in [6, 6.07) is 96.7. The van der Waals surface area contributed by atoms with Crippen LogP contribution in [0.3, 0.4) is 0 Å². The van der Waals surface area contributed by atoms with Crippen molar-refractivity contribution in [1.82, 2.24) is 24.1 Å². The van der Waals surface area contributed by atoms with E-state index in [4.69, 9.17) is 15.0 Å². The van der Waals surface area contributed by atoms with Gasteiger partial charge in [-0.1, -0.05) is 224 Å². The Hall–Kier alpha value is -11.0. The van der Waals surface area contributed by atoms with Gasteiger partial charge in [-0.05, 0) is 111 Å². The summed E-state index contributed by atoms with van der Waals surface area (Å²) < 4.78 is 50.9. The van der Waals surface area contributed by atoms with Crippen LogP contribution in [0.1, 0.15) is 5.56 Å². The second-order valence-corrected chi connectivity index (χ2v) is 21.1. The molecule has 0 radical (unpaired) electrons. The smallest absolute Gasteiger partial charge is 0.309 e. The predicted molar refractivity (Wildman–Crippen MR) is 337 cm³/mol. The second-order valence-electron chi connectivity index (χ2n) is 21.1. The van der Waals surface area contributed by atoms with E-state index in [2.05, 4.69) is 120 Å². The molecule has 0 fully saturated rings. The number of benzene rings is 12. The first-order chi connectivity index (χ1) is 41.3. The van der Waals surface area contributed by atoms with E-state index in [1.54, 1.807) is 6.07 Å². The molecule has 0 aliphatic heterocycles. The number of alkyl halides is 3. The maximum Gasteiger partial charge on any atom is 0.416 e. The normalized spacial score (nSPS) is 11.8. The van der Waals surface area contributed by atoms with Gasteiger partial charge in [-0.25, -0.2) is 15.0 Å². The fourth-order valence-corrected chi connectivity index (χ4v) is 11.9. The van der Waals surface area contributed by atoms with Crippen molar-refractivity contribution in [3.63, 3.8) is 0 Å². The van der Waals surface area contributed by atoms with Crippen LogP contribution in [0.4, 0.5) is 13.2 Å². The third-order valence-electron chi connectivity index (χ3n) is 16.0. The minimum atomic E-state index is -4.66. The quantitative estimate of drug-likeness (QED) is 0.137. The Kier molecular flexibility index (Phi) is 12.2. The van der Waals surface area contributed by atoms with Gasteiger partial charge in [0, 0.05) is 49.4 Å². The highest BCUT2D eigenvalue weighted by molar-refractivity contribution is 6.14. The van der Waals surface area contributed by atoms with Crippen LogP contribution in [0.5, 0.6) is 0 Å². The zero-order valence-corrected chi connectivity index (χ0v) is 45.1. The Morgan fingerprint density at radius 1 is 0.238 bits per heavy atom. The molecule has 15 rings (SSSR count). The first-order valence-corrected chi connectivity index (χ1v) is 27.9. The van der Waals surface area contributed by atoms with Crippen LogP contribution >= 0.6 is 0 Å². The Bertz CT molecular complexity index is 4710. The summed E-state index contributed by atoms with van der Waals surface area (Å²) >= 11 is 0. The van der Waals surface area contributed by atoms with E-state index in [1.807, 2.05) is 162 Å². The van der Waals surface area contributed by atoms with Gasteiger partial charge in [0.05, 0.1) is 39.0 Å². The zero-order valence-electron chi connectivity index (χ0n) is 45.1. The molecule has 3 aromatic heterocycles. The number of hydrogen-bond donors (Lipinski definition) is 0. The van der Waals surface area contributed by atoms with Crippen LogP contribution in [-0.2, 0) is 6.18 Å². The van der Waals surface area contributed by atoms with Gasteiger partial charge in [0.15, 0.2) is 17.5 Å². The summed E-state index contributed by atoms with van der Waals surface area (Å²) in [5, 5.41) is 3.84. The molecule has 0 aliphatic rings. The van der Waals surface area contributed by atoms with E-state index >= 15 is 13.2 Å². The van der Waals surface area contributed by atoms with Crippen molar-refractivity contribution in [2.24, 2.45) is 0 Å². The minimum Gasteiger partial charge on any atom is -0.309 e. The van der Waals surface area contributed by atoms with Gasteiger partial charge in [-0.2, -0.15) is 13.2 Å².